The van der Waals surface area contributed by atoms with Gasteiger partial charge in [-0.15, -0.1) is 11.3 Å². The molecule has 1 aliphatic carbocycles. The van der Waals surface area contributed by atoms with E-state index >= 15 is 0 Å². The fourth-order valence-corrected chi connectivity index (χ4v) is 5.13. The van der Waals surface area contributed by atoms with Gasteiger partial charge >= 0.3 is 5.97 Å². The highest BCUT2D eigenvalue weighted by Gasteiger charge is 2.48. The average molecular weight is 388 g/mol. The zero-order valence-corrected chi connectivity index (χ0v) is 17.9. The normalized spacial score (nSPS) is 24.7. The Morgan fingerprint density at radius 2 is 1.96 bits per heavy atom. The van der Waals surface area contributed by atoms with Crippen molar-refractivity contribution >= 4 is 28.8 Å². The van der Waals surface area contributed by atoms with E-state index in [2.05, 4.69) is 19.9 Å². The van der Waals surface area contributed by atoms with Crippen LogP contribution in [0.1, 0.15) is 63.1 Å². The molecular weight excluding hydrogens is 358 g/mol. The second-order valence-corrected chi connectivity index (χ2v) is 10.3. The van der Waals surface area contributed by atoms with Crippen molar-refractivity contribution in [1.29, 1.82) is 0 Å². The van der Waals surface area contributed by atoms with Gasteiger partial charge in [-0.2, -0.15) is 0 Å². The van der Waals surface area contributed by atoms with Gasteiger partial charge in [0.25, 0.3) is 0 Å². The molecule has 0 bridgehead atoms. The quantitative estimate of drug-likeness (QED) is 0.678. The number of aliphatic imine (C=N–C) groups is 1. The molecule has 5 heteroatoms. The molecule has 2 heterocycles. The first kappa shape index (κ1) is 20.0. The third kappa shape index (κ3) is 4.08. The molecule has 3 rings (SSSR count). The molecular formula is C22H29NO3S. The Hall–Kier alpha value is -1.75. The maximum atomic E-state index is 13.1. The van der Waals surface area contributed by atoms with E-state index in [-0.39, 0.29) is 34.9 Å². The van der Waals surface area contributed by atoms with Gasteiger partial charge in [0.1, 0.15) is 5.78 Å². The minimum Gasteiger partial charge on any atom is -0.462 e. The SMILES string of the molecule is CC1=C(C(=O)OCC(C)C)[C@@H](c2ccc(C)s2)C2C(=O)CC(C)(C)CC2=N1. The number of Topliss-reactive ketones (excluding diaryl/α,β-unsaturated/α-hetero) is 1. The van der Waals surface area contributed by atoms with E-state index in [1.54, 1.807) is 11.3 Å². The minimum absolute atomic E-state index is 0.0851. The summed E-state index contributed by atoms with van der Waals surface area (Å²) in [6, 6.07) is 4.10. The van der Waals surface area contributed by atoms with Crippen LogP contribution in [-0.4, -0.2) is 24.1 Å². The van der Waals surface area contributed by atoms with Crippen LogP contribution >= 0.6 is 11.3 Å². The van der Waals surface area contributed by atoms with Gasteiger partial charge in [-0.1, -0.05) is 27.7 Å². The Bertz CT molecular complexity index is 828. The lowest BCUT2D eigenvalue weighted by Crippen LogP contribution is -2.43. The van der Waals surface area contributed by atoms with Crippen LogP contribution in [0, 0.1) is 24.2 Å². The van der Waals surface area contributed by atoms with Crippen LogP contribution in [0.25, 0.3) is 0 Å². The van der Waals surface area contributed by atoms with Crippen molar-refractivity contribution in [3.05, 3.63) is 33.2 Å². The molecule has 0 aromatic carbocycles. The number of esters is 1. The van der Waals surface area contributed by atoms with Crippen molar-refractivity contribution in [2.24, 2.45) is 22.2 Å². The number of carbonyl (C=O) groups is 2. The maximum absolute atomic E-state index is 13.1. The third-order valence-corrected chi connectivity index (χ3v) is 6.28. The molecule has 0 saturated heterocycles. The second-order valence-electron chi connectivity index (χ2n) is 8.98. The number of rotatable bonds is 4. The Morgan fingerprint density at radius 3 is 2.56 bits per heavy atom. The smallest absolute Gasteiger partial charge is 0.336 e. The number of nitrogens with zero attached hydrogens (tertiary/aromatic N) is 1. The Kier molecular flexibility index (Phi) is 5.44. The van der Waals surface area contributed by atoms with Crippen LogP contribution < -0.4 is 0 Å². The number of hydrogen-bond acceptors (Lipinski definition) is 5. The molecule has 1 aromatic heterocycles. The van der Waals surface area contributed by atoms with Gasteiger partial charge in [-0.25, -0.2) is 4.79 Å². The van der Waals surface area contributed by atoms with Gasteiger partial charge in [-0.3, -0.25) is 9.79 Å². The zero-order valence-electron chi connectivity index (χ0n) is 17.1. The summed E-state index contributed by atoms with van der Waals surface area (Å²) in [5.41, 5.74) is 2.08. The summed E-state index contributed by atoms with van der Waals surface area (Å²) in [5.74, 6) is -0.515. The second kappa shape index (κ2) is 7.34. The molecule has 146 valence electrons. The third-order valence-electron chi connectivity index (χ3n) is 5.20. The highest BCUT2D eigenvalue weighted by atomic mass is 32.1. The van der Waals surface area contributed by atoms with E-state index in [0.29, 0.717) is 24.3 Å². The van der Waals surface area contributed by atoms with Crippen LogP contribution in [0.3, 0.4) is 0 Å². The molecule has 2 atom stereocenters. The van der Waals surface area contributed by atoms with Crippen LogP contribution in [-0.2, 0) is 14.3 Å². The number of ether oxygens (including phenoxy) is 1. The highest BCUT2D eigenvalue weighted by Crippen LogP contribution is 2.48. The van der Waals surface area contributed by atoms with Crippen LogP contribution in [0.2, 0.25) is 0 Å². The van der Waals surface area contributed by atoms with Crippen molar-refractivity contribution in [3.63, 3.8) is 0 Å². The van der Waals surface area contributed by atoms with Crippen molar-refractivity contribution in [2.75, 3.05) is 6.61 Å². The predicted octanol–water partition coefficient (Wildman–Crippen LogP) is 5.07. The molecule has 0 N–H and O–H groups in total. The van der Waals surface area contributed by atoms with Crippen molar-refractivity contribution in [2.45, 2.75) is 60.3 Å². The first-order valence-corrected chi connectivity index (χ1v) is 10.4. The van der Waals surface area contributed by atoms with Gasteiger partial charge in [0.15, 0.2) is 0 Å². The lowest BCUT2D eigenvalue weighted by Gasteiger charge is -2.40. The minimum atomic E-state index is -0.346. The first-order chi connectivity index (χ1) is 12.6. The summed E-state index contributed by atoms with van der Waals surface area (Å²) in [7, 11) is 0. The Balaban J connectivity index is 2.08. The molecule has 1 fully saturated rings. The van der Waals surface area contributed by atoms with E-state index in [9.17, 15) is 9.59 Å². The van der Waals surface area contributed by atoms with Crippen molar-refractivity contribution in [1.82, 2.24) is 0 Å². The molecule has 1 saturated carbocycles. The molecule has 0 amide bonds. The first-order valence-electron chi connectivity index (χ1n) is 9.63. The van der Waals surface area contributed by atoms with Crippen LogP contribution in [0.15, 0.2) is 28.4 Å². The lowest BCUT2D eigenvalue weighted by molar-refractivity contribution is -0.140. The zero-order chi connectivity index (χ0) is 19.9. The summed E-state index contributed by atoms with van der Waals surface area (Å²) in [5, 5.41) is 0. The molecule has 2 aliphatic rings. The predicted molar refractivity (Wildman–Crippen MR) is 109 cm³/mol. The van der Waals surface area contributed by atoms with E-state index in [1.807, 2.05) is 33.8 Å². The number of ketones is 1. The Labute approximate surface area is 165 Å². The average Bonchev–Trinajstić information content (AvgIpc) is 2.96. The van der Waals surface area contributed by atoms with Gasteiger partial charge in [0, 0.05) is 33.5 Å². The van der Waals surface area contributed by atoms with E-state index in [0.717, 1.165) is 17.0 Å². The number of thiophene rings is 1. The highest BCUT2D eigenvalue weighted by molar-refractivity contribution is 7.12. The Morgan fingerprint density at radius 1 is 1.26 bits per heavy atom. The summed E-state index contributed by atoms with van der Waals surface area (Å²) in [4.78, 5) is 33.0. The van der Waals surface area contributed by atoms with E-state index in [1.165, 1.54) is 4.88 Å². The van der Waals surface area contributed by atoms with Crippen LogP contribution in [0.4, 0.5) is 0 Å². The summed E-state index contributed by atoms with van der Waals surface area (Å²) < 4.78 is 5.56. The van der Waals surface area contributed by atoms with Crippen LogP contribution in [0.5, 0.6) is 0 Å². The van der Waals surface area contributed by atoms with E-state index < -0.39 is 0 Å². The largest absolute Gasteiger partial charge is 0.462 e. The van der Waals surface area contributed by atoms with Gasteiger partial charge in [0.2, 0.25) is 0 Å². The van der Waals surface area contributed by atoms with Crippen molar-refractivity contribution in [3.8, 4) is 0 Å². The molecule has 27 heavy (non-hydrogen) atoms. The van der Waals surface area contributed by atoms with Gasteiger partial charge in [-0.05, 0) is 43.7 Å². The molecule has 1 aliphatic heterocycles. The summed E-state index contributed by atoms with van der Waals surface area (Å²) in [6.07, 6.45) is 1.31. The fourth-order valence-electron chi connectivity index (χ4n) is 4.11. The molecule has 4 nitrogen and oxygen atoms in total. The number of allylic oxidation sites excluding steroid dienone is 1. The van der Waals surface area contributed by atoms with Crippen molar-refractivity contribution < 1.29 is 14.3 Å². The molecule has 1 unspecified atom stereocenters. The topological polar surface area (TPSA) is 55.7 Å². The number of carbonyl (C=O) groups excluding carboxylic acids is 2. The van der Waals surface area contributed by atoms with E-state index in [4.69, 9.17) is 9.73 Å². The molecule has 0 spiro atoms. The van der Waals surface area contributed by atoms with Gasteiger partial charge < -0.3 is 4.74 Å². The standard InChI is InChI=1S/C22H29NO3S/c1-12(2)11-26-21(25)18-14(4)23-15-9-22(5,6)10-16(24)19(15)20(18)17-8-7-13(3)27-17/h7-8,12,19-20H,9-11H2,1-6H3/t19?,20-/m1/s1. The fraction of sp³-hybridized carbons (Fsp3) is 0.591. The lowest BCUT2D eigenvalue weighted by atomic mass is 9.64. The summed E-state index contributed by atoms with van der Waals surface area (Å²) >= 11 is 1.65. The van der Waals surface area contributed by atoms with Gasteiger partial charge in [0.05, 0.1) is 18.1 Å². The molecule has 1 aromatic rings. The number of hydrogen-bond donors (Lipinski definition) is 0. The summed E-state index contributed by atoms with van der Waals surface area (Å²) in [6.45, 7) is 12.5. The number of aryl methyl sites for hydroxylation is 1. The number of fused-ring (bicyclic) bond motifs is 1. The maximum Gasteiger partial charge on any atom is 0.336 e. The monoisotopic (exact) mass is 387 g/mol. The molecule has 0 radical (unpaired) electrons.